The predicted molar refractivity (Wildman–Crippen MR) is 152 cm³/mol. The van der Waals surface area contributed by atoms with Crippen LogP contribution in [0.4, 0.5) is 5.13 Å². The molecule has 41 heavy (non-hydrogen) atoms. The first kappa shape index (κ1) is 28.2. The maximum Gasteiger partial charge on any atom is 0.350 e. The SMILES string of the molecule is COC(=O)c1sc(N2C(=O)C(=O)C(=C(O)c3ccc4c(c3)OCCO4)[C@H]2c2cccc(OCCC(C)C)c2)nc1C. The van der Waals surface area contributed by atoms with E-state index in [2.05, 4.69) is 18.8 Å². The highest BCUT2D eigenvalue weighted by Gasteiger charge is 2.48. The number of esters is 1. The van der Waals surface area contributed by atoms with Crippen LogP contribution in [-0.2, 0) is 14.3 Å². The van der Waals surface area contributed by atoms with E-state index in [1.807, 2.05) is 0 Å². The summed E-state index contributed by atoms with van der Waals surface area (Å²) in [5, 5.41) is 11.7. The molecular formula is C30H30N2O8S. The van der Waals surface area contributed by atoms with Gasteiger partial charge in [0.2, 0.25) is 0 Å². The summed E-state index contributed by atoms with van der Waals surface area (Å²) in [6.07, 6.45) is 0.849. The first-order chi connectivity index (χ1) is 19.7. The molecule has 0 bridgehead atoms. The number of aromatic nitrogens is 1. The third-order valence-corrected chi connectivity index (χ3v) is 7.90. The van der Waals surface area contributed by atoms with Crippen molar-refractivity contribution in [3.63, 3.8) is 0 Å². The van der Waals surface area contributed by atoms with E-state index in [9.17, 15) is 19.5 Å². The molecule has 0 radical (unpaired) electrons. The lowest BCUT2D eigenvalue weighted by Gasteiger charge is -2.24. The van der Waals surface area contributed by atoms with Gasteiger partial charge in [0.05, 0.1) is 31.0 Å². The molecular weight excluding hydrogens is 548 g/mol. The van der Waals surface area contributed by atoms with Crippen LogP contribution >= 0.6 is 11.3 Å². The van der Waals surface area contributed by atoms with Gasteiger partial charge in [0, 0.05) is 5.56 Å². The van der Waals surface area contributed by atoms with E-state index in [1.165, 1.54) is 12.0 Å². The van der Waals surface area contributed by atoms with Crippen molar-refractivity contribution < 1.29 is 38.4 Å². The highest BCUT2D eigenvalue weighted by atomic mass is 32.1. The molecule has 1 aromatic heterocycles. The second-order valence-corrected chi connectivity index (χ2v) is 11.0. The Labute approximate surface area is 241 Å². The maximum absolute atomic E-state index is 13.6. The molecule has 5 rings (SSSR count). The number of hydrogen-bond acceptors (Lipinski definition) is 10. The number of carbonyl (C=O) groups excluding carboxylic acids is 3. The quantitative estimate of drug-likeness (QED) is 0.169. The second kappa shape index (κ2) is 11.6. The van der Waals surface area contributed by atoms with E-state index in [-0.39, 0.29) is 26.9 Å². The number of anilines is 1. The summed E-state index contributed by atoms with van der Waals surface area (Å²) < 4.78 is 22.0. The summed E-state index contributed by atoms with van der Waals surface area (Å²) in [5.41, 5.74) is 1.04. The van der Waals surface area contributed by atoms with Crippen LogP contribution in [-0.4, -0.2) is 54.7 Å². The lowest BCUT2D eigenvalue weighted by atomic mass is 9.95. The van der Waals surface area contributed by atoms with Crippen LogP contribution in [0.1, 0.15) is 52.8 Å². The number of aliphatic hydroxyl groups is 1. The fourth-order valence-electron chi connectivity index (χ4n) is 4.65. The Hall–Kier alpha value is -4.38. The number of thiazole rings is 1. The zero-order valence-electron chi connectivity index (χ0n) is 23.1. The van der Waals surface area contributed by atoms with Gasteiger partial charge in [-0.2, -0.15) is 0 Å². The molecule has 0 unspecified atom stereocenters. The van der Waals surface area contributed by atoms with Crippen LogP contribution in [0, 0.1) is 12.8 Å². The Bertz CT molecular complexity index is 1540. The van der Waals surface area contributed by atoms with E-state index in [1.54, 1.807) is 49.4 Å². The van der Waals surface area contributed by atoms with Gasteiger partial charge in [-0.25, -0.2) is 9.78 Å². The topological polar surface area (TPSA) is 124 Å². The van der Waals surface area contributed by atoms with Gasteiger partial charge in [0.25, 0.3) is 5.78 Å². The van der Waals surface area contributed by atoms with Gasteiger partial charge >= 0.3 is 11.9 Å². The highest BCUT2D eigenvalue weighted by molar-refractivity contribution is 7.17. The Morgan fingerprint density at radius 2 is 1.90 bits per heavy atom. The van der Waals surface area contributed by atoms with Crippen LogP contribution in [0.3, 0.4) is 0 Å². The maximum atomic E-state index is 13.6. The minimum absolute atomic E-state index is 0.126. The van der Waals surface area contributed by atoms with Crippen molar-refractivity contribution in [1.82, 2.24) is 4.98 Å². The van der Waals surface area contributed by atoms with Crippen molar-refractivity contribution in [2.24, 2.45) is 5.92 Å². The highest BCUT2D eigenvalue weighted by Crippen LogP contribution is 2.45. The van der Waals surface area contributed by atoms with Crippen LogP contribution in [0.15, 0.2) is 48.0 Å². The fraction of sp³-hybridized carbons (Fsp3) is 0.333. The molecule has 2 aromatic carbocycles. The van der Waals surface area contributed by atoms with Crippen LogP contribution in [0.5, 0.6) is 17.2 Å². The molecule has 1 fully saturated rings. The van der Waals surface area contributed by atoms with Crippen LogP contribution < -0.4 is 19.1 Å². The molecule has 1 atom stereocenters. The fourth-order valence-corrected chi connectivity index (χ4v) is 5.66. The average Bonchev–Trinajstić information content (AvgIpc) is 3.48. The van der Waals surface area contributed by atoms with Crippen LogP contribution in [0.25, 0.3) is 5.76 Å². The molecule has 0 spiro atoms. The average molecular weight is 579 g/mol. The number of ether oxygens (including phenoxy) is 4. The van der Waals surface area contributed by atoms with Gasteiger partial charge in [-0.15, -0.1) is 0 Å². The Morgan fingerprint density at radius 3 is 2.63 bits per heavy atom. The summed E-state index contributed by atoms with van der Waals surface area (Å²) in [7, 11) is 1.26. The molecule has 2 aliphatic rings. The number of methoxy groups -OCH3 is 1. The first-order valence-corrected chi connectivity index (χ1v) is 14.0. The van der Waals surface area contributed by atoms with Crippen molar-refractivity contribution in [1.29, 1.82) is 0 Å². The Kier molecular flexibility index (Phi) is 7.98. The third-order valence-electron chi connectivity index (χ3n) is 6.76. The third kappa shape index (κ3) is 5.49. The van der Waals surface area contributed by atoms with Gasteiger partial charge in [-0.3, -0.25) is 14.5 Å². The van der Waals surface area contributed by atoms with E-state index in [4.69, 9.17) is 18.9 Å². The number of aliphatic hydroxyl groups excluding tert-OH is 1. The van der Waals surface area contributed by atoms with Crippen LogP contribution in [0.2, 0.25) is 0 Å². The molecule has 11 heteroatoms. The molecule has 1 N–H and O–H groups in total. The zero-order chi connectivity index (χ0) is 29.3. The van der Waals surface area contributed by atoms with Crippen molar-refractivity contribution in [3.05, 3.63) is 69.7 Å². The normalized spacial score (nSPS) is 17.7. The number of carbonyl (C=O) groups is 3. The van der Waals surface area contributed by atoms with Gasteiger partial charge in [0.1, 0.15) is 29.6 Å². The lowest BCUT2D eigenvalue weighted by molar-refractivity contribution is -0.132. The molecule has 1 saturated heterocycles. The first-order valence-electron chi connectivity index (χ1n) is 13.2. The number of rotatable bonds is 8. The van der Waals surface area contributed by atoms with Gasteiger partial charge in [-0.1, -0.05) is 37.3 Å². The Morgan fingerprint density at radius 1 is 1.15 bits per heavy atom. The summed E-state index contributed by atoms with van der Waals surface area (Å²) in [4.78, 5) is 45.3. The van der Waals surface area contributed by atoms with Gasteiger partial charge in [0.15, 0.2) is 16.6 Å². The largest absolute Gasteiger partial charge is 0.507 e. The number of hydrogen-bond donors (Lipinski definition) is 1. The standard InChI is InChI=1S/C30H30N2O8S/c1-16(2)10-11-38-20-7-5-6-18(14-20)24-23(25(33)19-8-9-21-22(15-19)40-13-12-39-21)26(34)28(35)32(24)30-31-17(3)27(41-30)29(36)37-4/h5-9,14-16,24,33H,10-13H2,1-4H3/t24-/m1/s1. The molecule has 0 saturated carbocycles. The minimum atomic E-state index is -1.05. The summed E-state index contributed by atoms with van der Waals surface area (Å²) in [6.45, 7) is 7.06. The van der Waals surface area contributed by atoms with E-state index in [0.717, 1.165) is 17.8 Å². The number of Topliss-reactive ketones (excluding diaryl/α,β-unsaturated/α-hetero) is 1. The van der Waals surface area contributed by atoms with Crippen molar-refractivity contribution in [3.8, 4) is 17.2 Å². The van der Waals surface area contributed by atoms with Crippen molar-refractivity contribution in [2.75, 3.05) is 31.8 Å². The van der Waals surface area contributed by atoms with Crippen molar-refractivity contribution in [2.45, 2.75) is 33.2 Å². The van der Waals surface area contributed by atoms with Gasteiger partial charge in [-0.05, 0) is 55.2 Å². The number of amides is 1. The molecule has 3 aromatic rings. The van der Waals surface area contributed by atoms with E-state index < -0.39 is 23.7 Å². The van der Waals surface area contributed by atoms with E-state index >= 15 is 0 Å². The summed E-state index contributed by atoms with van der Waals surface area (Å²) >= 11 is 0.938. The Balaban J connectivity index is 1.64. The molecule has 214 valence electrons. The molecule has 1 amide bonds. The molecule has 2 aliphatic heterocycles. The van der Waals surface area contributed by atoms with Gasteiger partial charge < -0.3 is 24.1 Å². The molecule has 0 aliphatic carbocycles. The monoisotopic (exact) mass is 578 g/mol. The smallest absolute Gasteiger partial charge is 0.350 e. The number of ketones is 1. The summed E-state index contributed by atoms with van der Waals surface area (Å²) in [5.74, 6) is -0.801. The minimum Gasteiger partial charge on any atom is -0.507 e. The molecule has 10 nitrogen and oxygen atoms in total. The summed E-state index contributed by atoms with van der Waals surface area (Å²) in [6, 6.07) is 10.8. The number of nitrogens with zero attached hydrogens (tertiary/aromatic N) is 2. The lowest BCUT2D eigenvalue weighted by Crippen LogP contribution is -2.29. The van der Waals surface area contributed by atoms with Crippen molar-refractivity contribution >= 4 is 39.9 Å². The predicted octanol–water partition coefficient (Wildman–Crippen LogP) is 5.06. The number of benzene rings is 2. The zero-order valence-corrected chi connectivity index (χ0v) is 23.9. The number of fused-ring (bicyclic) bond motifs is 1. The second-order valence-electron chi connectivity index (χ2n) is 10.0. The molecule has 3 heterocycles. The number of aryl methyl sites for hydroxylation is 1. The van der Waals surface area contributed by atoms with E-state index in [0.29, 0.717) is 54.2 Å².